The molecule has 3 aliphatic heterocycles. The fraction of sp³-hybridized carbons (Fsp3) is 0.644. The van der Waals surface area contributed by atoms with E-state index in [9.17, 15) is 0 Å². The third kappa shape index (κ3) is 12.7. The molecule has 0 unspecified atom stereocenters. The lowest BCUT2D eigenvalue weighted by Crippen LogP contribution is -2.43. The van der Waals surface area contributed by atoms with E-state index in [0.717, 1.165) is 58.7 Å². The van der Waals surface area contributed by atoms with Crippen LogP contribution >= 0.6 is 0 Å². The maximum atomic E-state index is 2.75. The van der Waals surface area contributed by atoms with Crippen LogP contribution < -0.4 is 9.80 Å². The number of para-hydroxylation sites is 2. The maximum absolute atomic E-state index is 2.75. The number of fused-ring (bicyclic) bond motifs is 2. The van der Waals surface area contributed by atoms with Crippen LogP contribution in [0, 0.1) is 0 Å². The van der Waals surface area contributed by atoms with Crippen molar-refractivity contribution in [3.05, 3.63) is 107 Å². The van der Waals surface area contributed by atoms with E-state index in [1.54, 1.807) is 0 Å². The minimum atomic E-state index is -0.0263. The lowest BCUT2D eigenvalue weighted by Gasteiger charge is -2.27. The van der Waals surface area contributed by atoms with Gasteiger partial charge >= 0.3 is 0 Å². The van der Waals surface area contributed by atoms with E-state index in [1.807, 2.05) is 0 Å². The van der Waals surface area contributed by atoms with E-state index < -0.39 is 0 Å². The molecular weight excluding hydrogens is 765 g/mol. The molecule has 0 atom stereocenters. The third-order valence-corrected chi connectivity index (χ3v) is 15.4. The first kappa shape index (κ1) is 49.1. The van der Waals surface area contributed by atoms with Gasteiger partial charge in [0.1, 0.15) is 0 Å². The van der Waals surface area contributed by atoms with Crippen molar-refractivity contribution in [1.82, 2.24) is 4.90 Å². The average molecular weight is 856 g/mol. The van der Waals surface area contributed by atoms with Crippen LogP contribution in [-0.2, 0) is 10.8 Å². The zero-order valence-electron chi connectivity index (χ0n) is 41.7. The van der Waals surface area contributed by atoms with Crippen LogP contribution in [0.2, 0.25) is 0 Å². The number of hydrogen-bond donors (Lipinski definition) is 0. The number of anilines is 2. The molecule has 1 saturated heterocycles. The van der Waals surface area contributed by atoms with Crippen LogP contribution in [0.25, 0.3) is 0 Å². The maximum Gasteiger partial charge on any atom is 0.206 e. The Kier molecular flexibility index (Phi) is 19.3. The van der Waals surface area contributed by atoms with Gasteiger partial charge in [-0.1, -0.05) is 213 Å². The molecule has 4 aliphatic rings. The lowest BCUT2D eigenvalue weighted by molar-refractivity contribution is -0.538. The van der Waals surface area contributed by atoms with Crippen molar-refractivity contribution >= 4 is 17.1 Å². The van der Waals surface area contributed by atoms with Crippen molar-refractivity contribution in [2.24, 2.45) is 0 Å². The van der Waals surface area contributed by atoms with Crippen molar-refractivity contribution < 1.29 is 4.58 Å². The van der Waals surface area contributed by atoms with Gasteiger partial charge in [0.25, 0.3) is 0 Å². The molecule has 63 heavy (non-hydrogen) atoms. The van der Waals surface area contributed by atoms with Crippen molar-refractivity contribution in [3.63, 3.8) is 0 Å². The van der Waals surface area contributed by atoms with Gasteiger partial charge in [0, 0.05) is 57.8 Å². The molecule has 2 aromatic rings. The molecule has 0 amide bonds. The summed E-state index contributed by atoms with van der Waals surface area (Å²) in [5.41, 5.74) is 13.2. The van der Waals surface area contributed by atoms with Gasteiger partial charge in [0.15, 0.2) is 13.1 Å². The summed E-state index contributed by atoms with van der Waals surface area (Å²) in [4.78, 5) is 8.00. The summed E-state index contributed by atoms with van der Waals surface area (Å²) >= 11 is 0. The number of piperazine rings is 1. The molecule has 0 spiro atoms. The Hall–Kier alpha value is -3.37. The average Bonchev–Trinajstić information content (AvgIpc) is 3.87. The molecular formula is C59H91N4+. The molecule has 1 saturated carbocycles. The number of hydrogen-bond acceptors (Lipinski definition) is 3. The number of rotatable bonds is 25. The molecule has 0 aromatic heterocycles. The summed E-state index contributed by atoms with van der Waals surface area (Å²) in [6.07, 6.45) is 39.9. The zero-order valence-corrected chi connectivity index (χ0v) is 41.7. The number of unbranched alkanes of at least 4 members (excludes halogenated alkanes) is 18. The van der Waals surface area contributed by atoms with E-state index in [1.165, 1.54) is 179 Å². The van der Waals surface area contributed by atoms with E-state index in [-0.39, 0.29) is 10.8 Å². The molecule has 4 heteroatoms. The molecule has 2 fully saturated rings. The Bertz CT molecular complexity index is 1750. The van der Waals surface area contributed by atoms with Gasteiger partial charge in [-0.2, -0.15) is 0 Å². The van der Waals surface area contributed by atoms with E-state index in [0.29, 0.717) is 0 Å². The van der Waals surface area contributed by atoms with Gasteiger partial charge in [-0.05, 0) is 67.6 Å². The van der Waals surface area contributed by atoms with E-state index >= 15 is 0 Å². The number of nitrogens with zero attached hydrogens (tertiary/aromatic N) is 4. The monoisotopic (exact) mass is 856 g/mol. The highest BCUT2D eigenvalue weighted by Crippen LogP contribution is 2.49. The predicted octanol–water partition coefficient (Wildman–Crippen LogP) is 15.6. The standard InChI is InChI=1S/C59H91N4/c1-8-11-13-15-17-19-21-23-25-31-43-62-53-35-29-27-33-51(53)58(4,5)55(62)41-39-49-37-38-50(57(49)61-47-45-60(10-3)46-48-61)40-42-56-59(6,7)52-34-28-30-36-54(52)63(56)44-32-26-24-22-20-18-16-14-12-9-2/h27-30,33-36,39-42H,8-26,31-32,37-38,43-48H2,1-7H3/q+1. The molecule has 4 nitrogen and oxygen atoms in total. The van der Waals surface area contributed by atoms with Gasteiger partial charge in [-0.15, -0.1) is 0 Å². The van der Waals surface area contributed by atoms with Crippen LogP contribution in [0.1, 0.15) is 201 Å². The first-order valence-electron chi connectivity index (χ1n) is 26.6. The summed E-state index contributed by atoms with van der Waals surface area (Å²) < 4.78 is 2.75. The van der Waals surface area contributed by atoms with Gasteiger partial charge in [-0.25, -0.2) is 4.58 Å². The van der Waals surface area contributed by atoms with Crippen LogP contribution in [-0.4, -0.2) is 61.0 Å². The smallest absolute Gasteiger partial charge is 0.206 e. The van der Waals surface area contributed by atoms with Gasteiger partial charge in [-0.3, -0.25) is 4.90 Å². The molecule has 0 bridgehead atoms. The number of benzene rings is 2. The second kappa shape index (κ2) is 24.8. The molecule has 0 radical (unpaired) electrons. The van der Waals surface area contributed by atoms with E-state index in [4.69, 9.17) is 0 Å². The molecule has 3 heterocycles. The Balaban J connectivity index is 1.21. The highest BCUT2D eigenvalue weighted by molar-refractivity contribution is 6.12. The van der Waals surface area contributed by atoms with Crippen LogP contribution in [0.3, 0.4) is 0 Å². The van der Waals surface area contributed by atoms with Gasteiger partial charge in [0.2, 0.25) is 5.71 Å². The van der Waals surface area contributed by atoms with Gasteiger partial charge in [0.05, 0.1) is 13.1 Å². The van der Waals surface area contributed by atoms with Crippen molar-refractivity contribution in [1.29, 1.82) is 0 Å². The first-order valence-corrected chi connectivity index (χ1v) is 26.6. The van der Waals surface area contributed by atoms with Crippen molar-refractivity contribution in [3.8, 4) is 0 Å². The highest BCUT2D eigenvalue weighted by Gasteiger charge is 2.41. The van der Waals surface area contributed by atoms with Crippen molar-refractivity contribution in [2.75, 3.05) is 55.6 Å². The molecule has 0 N–H and O–H groups in total. The first-order chi connectivity index (χ1) is 30.7. The predicted molar refractivity (Wildman–Crippen MR) is 276 cm³/mol. The Morgan fingerprint density at radius 1 is 0.476 bits per heavy atom. The van der Waals surface area contributed by atoms with Crippen LogP contribution in [0.5, 0.6) is 0 Å². The second-order valence-electron chi connectivity index (χ2n) is 20.7. The third-order valence-electron chi connectivity index (χ3n) is 15.4. The minimum Gasteiger partial charge on any atom is -0.344 e. The number of likely N-dealkylation sites (N-methyl/N-ethyl adjacent to an activating group) is 1. The minimum absolute atomic E-state index is 0.0263. The van der Waals surface area contributed by atoms with Crippen LogP contribution in [0.15, 0.2) is 95.4 Å². The second-order valence-corrected chi connectivity index (χ2v) is 20.7. The normalized spacial score (nSPS) is 20.9. The summed E-state index contributed by atoms with van der Waals surface area (Å²) in [5, 5.41) is 0. The summed E-state index contributed by atoms with van der Waals surface area (Å²) in [7, 11) is 0. The van der Waals surface area contributed by atoms with Crippen molar-refractivity contribution in [2.45, 2.75) is 201 Å². The fourth-order valence-corrected chi connectivity index (χ4v) is 11.4. The quantitative estimate of drug-likeness (QED) is 0.0729. The Labute approximate surface area is 387 Å². The zero-order chi connectivity index (χ0) is 44.5. The van der Waals surface area contributed by atoms with Crippen LogP contribution in [0.4, 0.5) is 11.4 Å². The SMILES string of the molecule is CCCCCCCCCCCCN1/C(=C/C=C2\CC/C(=C\C=C3\N(CCCCCCCCCCCC)c4ccccc4C3(C)C)C2=[N+]2CCN(CC)CC2)C(C)(C)c2ccccc21. The fourth-order valence-electron chi connectivity index (χ4n) is 11.4. The largest absolute Gasteiger partial charge is 0.344 e. The molecule has 2 aromatic carbocycles. The molecule has 1 aliphatic carbocycles. The molecule has 6 rings (SSSR count). The Morgan fingerprint density at radius 2 is 0.841 bits per heavy atom. The lowest BCUT2D eigenvalue weighted by atomic mass is 9.83. The number of allylic oxidation sites excluding steroid dienone is 8. The van der Waals surface area contributed by atoms with Gasteiger partial charge < -0.3 is 9.80 Å². The molecule has 346 valence electrons. The van der Waals surface area contributed by atoms with E-state index in [2.05, 4.69) is 141 Å². The summed E-state index contributed by atoms with van der Waals surface area (Å²) in [6, 6.07) is 18.5. The topological polar surface area (TPSA) is 12.7 Å². The summed E-state index contributed by atoms with van der Waals surface area (Å²) in [5.74, 6) is 0. The highest BCUT2D eigenvalue weighted by atomic mass is 15.2. The Morgan fingerprint density at radius 3 is 1.22 bits per heavy atom. The summed E-state index contributed by atoms with van der Waals surface area (Å²) in [6.45, 7) is 24.6.